The Bertz CT molecular complexity index is 989. The number of allylic oxidation sites excluding steroid dienone is 2. The van der Waals surface area contributed by atoms with Gasteiger partial charge in [0.25, 0.3) is 0 Å². The number of benzene rings is 1. The summed E-state index contributed by atoms with van der Waals surface area (Å²) in [5.41, 5.74) is 6.65. The maximum atomic E-state index is 13.7. The number of carbonyl (C=O) groups is 3. The standard InChI is InChI=1S/C30H44N4O4/c1-21(2)18-24(31)28(36)34-15-11-25-23(20-34)10-6-7-12-30(13-16-38-17-14-30)29(37)33-26(27(35)32-25)19-22-8-4-3-5-9-22/h3-9,21,23-26H,10-20,31H2,1-2H3,(H,32,35)(H,33,37)/b7-6+/t23-,24+,25-,26-/m1/s1. The van der Waals surface area contributed by atoms with Gasteiger partial charge in [0.1, 0.15) is 6.04 Å². The SMILES string of the molecule is CC(C)C[C@H](N)C(=O)N1CC[C@H]2NC(=O)[C@@H](Cc3ccccc3)NC(=O)C3(C/C=C/C[C@@H]2C1)CCOCC3. The summed E-state index contributed by atoms with van der Waals surface area (Å²) in [5, 5.41) is 6.39. The first kappa shape index (κ1) is 28.3. The molecule has 0 radical (unpaired) electrons. The molecule has 1 aromatic carbocycles. The molecule has 0 bridgehead atoms. The molecule has 3 aliphatic rings. The van der Waals surface area contributed by atoms with Crippen molar-refractivity contribution in [1.29, 1.82) is 0 Å². The van der Waals surface area contributed by atoms with E-state index in [2.05, 4.69) is 36.6 Å². The van der Waals surface area contributed by atoms with Crippen molar-refractivity contribution in [2.75, 3.05) is 26.3 Å². The van der Waals surface area contributed by atoms with E-state index in [1.807, 2.05) is 35.2 Å². The van der Waals surface area contributed by atoms with E-state index in [-0.39, 0.29) is 29.7 Å². The van der Waals surface area contributed by atoms with Crippen LogP contribution in [0.5, 0.6) is 0 Å². The third-order valence-electron chi connectivity index (χ3n) is 8.37. The van der Waals surface area contributed by atoms with Crippen molar-refractivity contribution in [3.05, 3.63) is 48.0 Å². The Balaban J connectivity index is 1.56. The molecule has 0 aromatic heterocycles. The number of ether oxygens (including phenoxy) is 1. The molecule has 8 nitrogen and oxygen atoms in total. The molecule has 3 heterocycles. The predicted octanol–water partition coefficient (Wildman–Crippen LogP) is 2.57. The number of nitrogens with two attached hydrogens (primary N) is 1. The van der Waals surface area contributed by atoms with Crippen LogP contribution in [0.25, 0.3) is 0 Å². The second kappa shape index (κ2) is 12.9. The number of hydrogen-bond acceptors (Lipinski definition) is 5. The van der Waals surface area contributed by atoms with Gasteiger partial charge in [0.2, 0.25) is 17.7 Å². The molecule has 8 heteroatoms. The van der Waals surface area contributed by atoms with Crippen molar-refractivity contribution >= 4 is 17.7 Å². The van der Waals surface area contributed by atoms with E-state index in [1.54, 1.807) is 0 Å². The molecule has 0 aliphatic carbocycles. The van der Waals surface area contributed by atoms with Crippen molar-refractivity contribution in [3.8, 4) is 0 Å². The average Bonchev–Trinajstić information content (AvgIpc) is 2.91. The number of amides is 3. The lowest BCUT2D eigenvalue weighted by Crippen LogP contribution is -2.59. The summed E-state index contributed by atoms with van der Waals surface area (Å²) in [6.07, 6.45) is 8.59. The summed E-state index contributed by atoms with van der Waals surface area (Å²) < 4.78 is 5.58. The van der Waals surface area contributed by atoms with Crippen LogP contribution in [-0.2, 0) is 25.5 Å². The van der Waals surface area contributed by atoms with Crippen LogP contribution < -0.4 is 16.4 Å². The highest BCUT2D eigenvalue weighted by Gasteiger charge is 2.42. The first-order valence-corrected chi connectivity index (χ1v) is 14.2. The van der Waals surface area contributed by atoms with Crippen molar-refractivity contribution in [1.82, 2.24) is 15.5 Å². The highest BCUT2D eigenvalue weighted by molar-refractivity contribution is 5.90. The lowest BCUT2D eigenvalue weighted by atomic mass is 9.75. The summed E-state index contributed by atoms with van der Waals surface area (Å²) in [5.74, 6) is 0.189. The molecule has 2 fully saturated rings. The summed E-state index contributed by atoms with van der Waals surface area (Å²) >= 11 is 0. The van der Waals surface area contributed by atoms with E-state index in [0.29, 0.717) is 70.7 Å². The van der Waals surface area contributed by atoms with Gasteiger partial charge in [-0.1, -0.05) is 56.3 Å². The van der Waals surface area contributed by atoms with Gasteiger partial charge in [-0.05, 0) is 50.0 Å². The third-order valence-corrected chi connectivity index (χ3v) is 8.37. The largest absolute Gasteiger partial charge is 0.381 e. The van der Waals surface area contributed by atoms with Crippen LogP contribution in [0.1, 0.15) is 57.9 Å². The predicted molar refractivity (Wildman–Crippen MR) is 147 cm³/mol. The third kappa shape index (κ3) is 7.03. The number of nitrogens with zero attached hydrogens (tertiary/aromatic N) is 1. The normalized spacial score (nSPS) is 27.9. The number of piperidine rings is 1. The zero-order valence-electron chi connectivity index (χ0n) is 22.9. The number of rotatable bonds is 5. The molecule has 208 valence electrons. The van der Waals surface area contributed by atoms with E-state index in [1.165, 1.54) is 0 Å². The van der Waals surface area contributed by atoms with E-state index in [0.717, 1.165) is 12.0 Å². The second-order valence-corrected chi connectivity index (χ2v) is 11.7. The summed E-state index contributed by atoms with van der Waals surface area (Å²) in [7, 11) is 0. The molecular weight excluding hydrogens is 480 g/mol. The Morgan fingerprint density at radius 3 is 2.58 bits per heavy atom. The van der Waals surface area contributed by atoms with E-state index >= 15 is 0 Å². The Labute approximate surface area is 226 Å². The van der Waals surface area contributed by atoms with Gasteiger partial charge in [-0.2, -0.15) is 0 Å². The van der Waals surface area contributed by atoms with Gasteiger partial charge in [0.05, 0.1) is 11.5 Å². The van der Waals surface area contributed by atoms with Crippen LogP contribution in [0, 0.1) is 17.3 Å². The lowest BCUT2D eigenvalue weighted by Gasteiger charge is -2.41. The number of likely N-dealkylation sites (tertiary alicyclic amines) is 1. The van der Waals surface area contributed by atoms with Crippen molar-refractivity contribution in [3.63, 3.8) is 0 Å². The van der Waals surface area contributed by atoms with Gasteiger partial charge < -0.3 is 26.0 Å². The maximum absolute atomic E-state index is 13.7. The number of hydrogen-bond donors (Lipinski definition) is 3. The maximum Gasteiger partial charge on any atom is 0.243 e. The fraction of sp³-hybridized carbons (Fsp3) is 0.633. The zero-order valence-corrected chi connectivity index (χ0v) is 22.9. The minimum Gasteiger partial charge on any atom is -0.381 e. The molecule has 4 atom stereocenters. The first-order valence-electron chi connectivity index (χ1n) is 14.2. The lowest BCUT2D eigenvalue weighted by molar-refractivity contribution is -0.140. The zero-order chi connectivity index (χ0) is 27.1. The topological polar surface area (TPSA) is 114 Å². The highest BCUT2D eigenvalue weighted by atomic mass is 16.5. The van der Waals surface area contributed by atoms with Gasteiger partial charge in [-0.15, -0.1) is 0 Å². The summed E-state index contributed by atoms with van der Waals surface area (Å²) in [6.45, 7) is 6.35. The first-order chi connectivity index (χ1) is 18.3. The van der Waals surface area contributed by atoms with Gasteiger partial charge in [0, 0.05) is 44.7 Å². The minimum atomic E-state index is -0.673. The van der Waals surface area contributed by atoms with Crippen LogP contribution in [0.15, 0.2) is 42.5 Å². The molecule has 4 rings (SSSR count). The fourth-order valence-corrected chi connectivity index (χ4v) is 6.02. The van der Waals surface area contributed by atoms with Crippen molar-refractivity contribution < 1.29 is 19.1 Å². The second-order valence-electron chi connectivity index (χ2n) is 11.7. The number of carbonyl (C=O) groups excluding carboxylic acids is 3. The fourth-order valence-electron chi connectivity index (χ4n) is 6.02. The molecule has 0 unspecified atom stereocenters. The Hall–Kier alpha value is -2.71. The van der Waals surface area contributed by atoms with Crippen LogP contribution in [0.2, 0.25) is 0 Å². The van der Waals surface area contributed by atoms with Gasteiger partial charge in [0.15, 0.2) is 0 Å². The van der Waals surface area contributed by atoms with Crippen LogP contribution in [0.4, 0.5) is 0 Å². The highest BCUT2D eigenvalue weighted by Crippen LogP contribution is 2.36. The summed E-state index contributed by atoms with van der Waals surface area (Å²) in [6, 6.07) is 8.55. The molecular formula is C30H44N4O4. The Kier molecular flexibility index (Phi) is 9.60. The van der Waals surface area contributed by atoms with E-state index < -0.39 is 17.5 Å². The average molecular weight is 525 g/mol. The smallest absolute Gasteiger partial charge is 0.243 e. The Morgan fingerprint density at radius 1 is 1.13 bits per heavy atom. The van der Waals surface area contributed by atoms with Crippen molar-refractivity contribution in [2.45, 2.75) is 76.9 Å². The molecule has 3 aliphatic heterocycles. The van der Waals surface area contributed by atoms with Crippen molar-refractivity contribution in [2.24, 2.45) is 23.0 Å². The monoisotopic (exact) mass is 524 g/mol. The molecule has 1 aromatic rings. The van der Waals surface area contributed by atoms with Gasteiger partial charge in [-0.25, -0.2) is 0 Å². The molecule has 1 spiro atoms. The van der Waals surface area contributed by atoms with E-state index in [4.69, 9.17) is 10.5 Å². The van der Waals surface area contributed by atoms with Gasteiger partial charge >= 0.3 is 0 Å². The minimum absolute atomic E-state index is 0.00560. The van der Waals surface area contributed by atoms with Crippen LogP contribution in [0.3, 0.4) is 0 Å². The molecule has 4 N–H and O–H groups in total. The number of nitrogens with one attached hydrogen (secondary N) is 2. The van der Waals surface area contributed by atoms with Crippen LogP contribution >= 0.6 is 0 Å². The van der Waals surface area contributed by atoms with Gasteiger partial charge in [-0.3, -0.25) is 14.4 Å². The molecule has 2 saturated heterocycles. The summed E-state index contributed by atoms with van der Waals surface area (Å²) in [4.78, 5) is 42.3. The molecule has 38 heavy (non-hydrogen) atoms. The number of fused-ring (bicyclic) bond motifs is 1. The molecule has 0 saturated carbocycles. The van der Waals surface area contributed by atoms with E-state index in [9.17, 15) is 14.4 Å². The van der Waals surface area contributed by atoms with Crippen LogP contribution in [-0.4, -0.2) is 67.1 Å². The molecule has 3 amide bonds. The quantitative estimate of drug-likeness (QED) is 0.513. The Morgan fingerprint density at radius 2 is 1.87 bits per heavy atom.